The maximum atomic E-state index is 14.2. The summed E-state index contributed by atoms with van der Waals surface area (Å²) in [6.07, 6.45) is 2.32. The van der Waals surface area contributed by atoms with Crippen LogP contribution in [0.1, 0.15) is 88.7 Å². The van der Waals surface area contributed by atoms with Gasteiger partial charge in [0.25, 0.3) is 11.8 Å². The number of nitrogens with one attached hydrogen (secondary N) is 6. The molecule has 28 nitrogen and oxygen atoms in total. The normalized spacial score (nSPS) is 15.9. The lowest BCUT2D eigenvalue weighted by molar-refractivity contribution is -0.137. The molecule has 0 spiro atoms. The zero-order valence-corrected chi connectivity index (χ0v) is 42.3. The van der Waals surface area contributed by atoms with E-state index in [2.05, 4.69) is 41.9 Å². The summed E-state index contributed by atoms with van der Waals surface area (Å²) in [4.78, 5) is 129. The number of hydrogen-bond donors (Lipinski definition) is 15. The minimum Gasteiger partial charge on any atom is -0.477 e. The largest absolute Gasteiger partial charge is 0.477 e. The Labute approximate surface area is 434 Å². The number of carboxylic acid groups (broad SMARTS) is 1. The molecule has 1 heterocycles. The molecule has 22 N–H and O–H groups in total. The molecule has 2 rings (SSSR count). The van der Waals surface area contributed by atoms with Crippen LogP contribution in [0.25, 0.3) is 0 Å². The number of rotatable bonds is 33. The number of nitriles is 1. The first kappa shape index (κ1) is 63.7. The first-order valence-corrected chi connectivity index (χ1v) is 24.6. The van der Waals surface area contributed by atoms with Crippen LogP contribution in [0.3, 0.4) is 0 Å². The van der Waals surface area contributed by atoms with Gasteiger partial charge in [-0.1, -0.05) is 24.6 Å². The molecule has 1 fully saturated rings. The van der Waals surface area contributed by atoms with Gasteiger partial charge in [-0.3, -0.25) is 43.3 Å². The zero-order valence-electron chi connectivity index (χ0n) is 42.3. The first-order chi connectivity index (χ1) is 35.7. The van der Waals surface area contributed by atoms with Gasteiger partial charge in [-0.05, 0) is 108 Å². The Morgan fingerprint density at radius 2 is 1.48 bits per heavy atom. The summed E-state index contributed by atoms with van der Waals surface area (Å²) in [6.45, 7) is 0.912. The minimum atomic E-state index is -1.58. The molecule has 0 aliphatic carbocycles. The maximum absolute atomic E-state index is 14.2. The molecule has 28 heteroatoms. The van der Waals surface area contributed by atoms with Crippen molar-refractivity contribution in [2.75, 3.05) is 45.8 Å². The molecule has 1 aliphatic rings. The molecule has 75 heavy (non-hydrogen) atoms. The van der Waals surface area contributed by atoms with E-state index in [9.17, 15) is 58.6 Å². The number of amides is 8. The number of nitrogens with zero attached hydrogens (tertiary/aromatic N) is 4. The summed E-state index contributed by atoms with van der Waals surface area (Å²) in [5.74, 6) is -8.52. The van der Waals surface area contributed by atoms with Gasteiger partial charge >= 0.3 is 5.97 Å². The highest BCUT2D eigenvalue weighted by Crippen LogP contribution is 2.20. The van der Waals surface area contributed by atoms with Gasteiger partial charge in [0.1, 0.15) is 41.6 Å². The van der Waals surface area contributed by atoms with Crippen molar-refractivity contribution < 1.29 is 53.4 Å². The summed E-state index contributed by atoms with van der Waals surface area (Å²) in [5, 5.41) is 44.2. The van der Waals surface area contributed by atoms with E-state index in [0.717, 1.165) is 0 Å². The van der Waals surface area contributed by atoms with Crippen molar-refractivity contribution in [3.63, 3.8) is 0 Å². The van der Waals surface area contributed by atoms with E-state index >= 15 is 0 Å². The maximum Gasteiger partial charge on any atom is 0.352 e. The Balaban J connectivity index is 2.32. The molecule has 8 amide bonds. The predicted octanol–water partition coefficient (Wildman–Crippen LogP) is -5.47. The predicted molar refractivity (Wildman–Crippen MR) is 275 cm³/mol. The fourth-order valence-corrected chi connectivity index (χ4v) is 7.45. The highest BCUT2D eigenvalue weighted by Gasteiger charge is 2.38. The molecule has 0 saturated carbocycles. The van der Waals surface area contributed by atoms with Crippen LogP contribution < -0.4 is 72.0 Å². The van der Waals surface area contributed by atoms with E-state index in [-0.39, 0.29) is 82.8 Å². The van der Waals surface area contributed by atoms with Crippen LogP contribution >= 0.6 is 0 Å². The fraction of sp³-hybridized carbons (Fsp3) is 0.574. The molecule has 1 aromatic rings. The summed E-state index contributed by atoms with van der Waals surface area (Å²) in [6, 6.07) is 0.349. The minimum absolute atomic E-state index is 0.0231. The van der Waals surface area contributed by atoms with E-state index in [4.69, 9.17) is 40.1 Å². The van der Waals surface area contributed by atoms with Crippen LogP contribution in [-0.2, 0) is 49.6 Å². The molecule has 0 aromatic heterocycles. The van der Waals surface area contributed by atoms with E-state index < -0.39 is 114 Å². The lowest BCUT2D eigenvalue weighted by atomic mass is 10.0. The molecular weight excluding hydrogens is 979 g/mol. The molecule has 0 radical (unpaired) electrons. The Morgan fingerprint density at radius 1 is 0.827 bits per heavy atom. The molecule has 0 unspecified atom stereocenters. The molecule has 1 saturated heterocycles. The average Bonchev–Trinajstić information content (AvgIpc) is 3.88. The number of likely N-dealkylation sites (tertiary alicyclic amines) is 1. The van der Waals surface area contributed by atoms with Crippen LogP contribution in [0.15, 0.2) is 46.0 Å². The average molecular weight is 1050 g/mol. The monoisotopic (exact) mass is 1050 g/mol. The summed E-state index contributed by atoms with van der Waals surface area (Å²) in [5.41, 5.74) is 39.1. The third-order valence-corrected chi connectivity index (χ3v) is 11.6. The third kappa shape index (κ3) is 22.7. The second-order valence-corrected chi connectivity index (χ2v) is 17.6. The van der Waals surface area contributed by atoms with Gasteiger partial charge in [-0.15, -0.1) is 0 Å². The lowest BCUT2D eigenvalue weighted by Crippen LogP contribution is -2.60. The fourth-order valence-electron chi connectivity index (χ4n) is 7.45. The van der Waals surface area contributed by atoms with Gasteiger partial charge in [0.2, 0.25) is 35.4 Å². The number of carbonyl (C=O) groups is 9. The first-order valence-electron chi connectivity index (χ1n) is 24.6. The van der Waals surface area contributed by atoms with Crippen LogP contribution in [0.4, 0.5) is 0 Å². The van der Waals surface area contributed by atoms with Crippen LogP contribution in [0.2, 0.25) is 0 Å². The number of nitrogens with two attached hydrogens (primary N) is 7. The van der Waals surface area contributed by atoms with Crippen LogP contribution in [-0.4, -0.2) is 168 Å². The number of aliphatic hydroxyl groups excluding tert-OH is 1. The summed E-state index contributed by atoms with van der Waals surface area (Å²) in [7, 11) is 0. The van der Waals surface area contributed by atoms with Crippen molar-refractivity contribution in [3.05, 3.63) is 47.2 Å². The van der Waals surface area contributed by atoms with Crippen molar-refractivity contribution in [2.45, 2.75) is 126 Å². The van der Waals surface area contributed by atoms with E-state index in [1.807, 2.05) is 6.07 Å². The van der Waals surface area contributed by atoms with Crippen molar-refractivity contribution in [2.24, 2.45) is 50.1 Å². The van der Waals surface area contributed by atoms with E-state index in [1.165, 1.54) is 30.0 Å². The number of benzene rings is 1. The van der Waals surface area contributed by atoms with Gasteiger partial charge in [0, 0.05) is 26.1 Å². The number of guanidine groups is 1. The molecule has 1 aromatic carbocycles. The third-order valence-electron chi connectivity index (χ3n) is 11.6. The quantitative estimate of drug-likeness (QED) is 0.0135. The standard InChI is InChI=1S/C47H75N17O11/c1-27(58-44(72)38(36(65)25-52)63-40(68)30(53)9-2-4-18-48)39(67)57-26-37(66)59-32(11-6-20-50)45(73)64-22-8-13-35(64)43(71)62-34(23-28-14-16-29(24-51)17-15-28)42(70)60-31(10-3-5-19-49)41(69)61-33(46(74)75)12-7-21-56-47(54)55/h12,14-17,27,30-31,34-36,38,65H,2-11,13,18-23,25-26,48-50,52-53H2,1H3,(H,57,67)(H,58,72)(H,60,70)(H,61,69)(H,62,71)(H,63,68)(H,74,75)(H4,54,55,56)/b33-12-,59-32?/t27-,30-,31-,34-,35-,36-,38-/m0/s1. The summed E-state index contributed by atoms with van der Waals surface area (Å²) < 4.78 is 0. The molecular formula is C47H75N17O11. The zero-order chi connectivity index (χ0) is 56.0. The van der Waals surface area contributed by atoms with Crippen molar-refractivity contribution >= 4 is 64.9 Å². The number of aliphatic imine (C=N–C) groups is 2. The summed E-state index contributed by atoms with van der Waals surface area (Å²) >= 11 is 0. The highest BCUT2D eigenvalue weighted by atomic mass is 16.4. The number of carboxylic acids is 1. The van der Waals surface area contributed by atoms with Crippen molar-refractivity contribution in [3.8, 4) is 6.07 Å². The van der Waals surface area contributed by atoms with E-state index in [0.29, 0.717) is 49.8 Å². The van der Waals surface area contributed by atoms with Crippen molar-refractivity contribution in [1.29, 1.82) is 5.26 Å². The van der Waals surface area contributed by atoms with Gasteiger partial charge < -0.3 is 87.1 Å². The van der Waals surface area contributed by atoms with Crippen LogP contribution in [0, 0.1) is 11.3 Å². The Bertz CT molecular complexity index is 2250. The van der Waals surface area contributed by atoms with Crippen molar-refractivity contribution in [1.82, 2.24) is 36.8 Å². The Hall–Kier alpha value is -7.42. The Kier molecular flexibility index (Phi) is 29.0. The number of unbranched alkanes of at least 4 members (excludes halogenated alkanes) is 2. The van der Waals surface area contributed by atoms with Gasteiger partial charge in [0.15, 0.2) is 5.96 Å². The topological polar surface area (TPSA) is 500 Å². The SMILES string of the molecule is C[C@H](NC(=O)[C@@H](NC(=O)[C@@H](N)CCCCN)[C@@H](O)CN)C(=O)NCC(=O)N=C(CCCN)C(=O)N1CCC[C@H]1C(=O)N[C@@H](Cc1ccc(C#N)cc1)C(=O)N[C@@H](CCCCN)C(=O)N/C(=C\CCN=C(N)N)C(=O)O. The number of aliphatic carboxylic acids is 1. The van der Waals surface area contributed by atoms with Crippen LogP contribution in [0.5, 0.6) is 0 Å². The smallest absolute Gasteiger partial charge is 0.352 e. The lowest BCUT2D eigenvalue weighted by Gasteiger charge is -2.28. The van der Waals surface area contributed by atoms with Gasteiger partial charge in [-0.25, -0.2) is 9.79 Å². The Morgan fingerprint density at radius 3 is 2.08 bits per heavy atom. The molecule has 1 aliphatic heterocycles. The molecule has 7 atom stereocenters. The van der Waals surface area contributed by atoms with Gasteiger partial charge in [0.05, 0.1) is 30.3 Å². The number of carbonyl (C=O) groups excluding carboxylic acids is 8. The molecule has 0 bridgehead atoms. The van der Waals surface area contributed by atoms with Gasteiger partial charge in [-0.2, -0.15) is 5.26 Å². The highest BCUT2D eigenvalue weighted by molar-refractivity contribution is 6.40. The van der Waals surface area contributed by atoms with E-state index in [1.54, 1.807) is 12.1 Å². The molecule has 414 valence electrons. The number of aliphatic hydroxyl groups is 1. The second-order valence-electron chi connectivity index (χ2n) is 17.6. The number of hydrogen-bond acceptors (Lipinski definition) is 17. The second kappa shape index (κ2) is 34.1.